The van der Waals surface area contributed by atoms with E-state index in [1.54, 1.807) is 6.20 Å². The predicted octanol–water partition coefficient (Wildman–Crippen LogP) is 2.36. The summed E-state index contributed by atoms with van der Waals surface area (Å²) < 4.78 is 11.4. The van der Waals surface area contributed by atoms with Crippen LogP contribution in [0.15, 0.2) is 16.7 Å². The number of nitrogens with zero attached hydrogens (tertiary/aromatic N) is 1. The SMILES string of the molecule is ClCc1cnc(OC2COC2)c(Br)c1. The van der Waals surface area contributed by atoms with E-state index < -0.39 is 0 Å². The molecule has 0 bridgehead atoms. The van der Waals surface area contributed by atoms with Gasteiger partial charge in [-0.25, -0.2) is 4.98 Å². The van der Waals surface area contributed by atoms with Gasteiger partial charge in [0.25, 0.3) is 0 Å². The highest BCUT2D eigenvalue weighted by Gasteiger charge is 2.21. The van der Waals surface area contributed by atoms with Crippen LogP contribution in [-0.2, 0) is 10.6 Å². The molecule has 0 atom stereocenters. The highest BCUT2D eigenvalue weighted by Crippen LogP contribution is 2.25. The fourth-order valence-electron chi connectivity index (χ4n) is 1.06. The molecule has 14 heavy (non-hydrogen) atoms. The molecular formula is C9H9BrClNO2. The molecule has 2 rings (SSSR count). The number of pyridine rings is 1. The van der Waals surface area contributed by atoms with Crippen LogP contribution in [0.5, 0.6) is 5.88 Å². The molecule has 1 saturated heterocycles. The van der Waals surface area contributed by atoms with Crippen molar-refractivity contribution in [3.8, 4) is 5.88 Å². The van der Waals surface area contributed by atoms with Gasteiger partial charge in [0.05, 0.1) is 17.7 Å². The summed E-state index contributed by atoms with van der Waals surface area (Å²) in [5.41, 5.74) is 0.968. The Morgan fingerprint density at radius 2 is 2.43 bits per heavy atom. The van der Waals surface area contributed by atoms with Gasteiger partial charge in [-0.3, -0.25) is 0 Å². The van der Waals surface area contributed by atoms with Crippen molar-refractivity contribution in [1.29, 1.82) is 0 Å². The third kappa shape index (κ3) is 2.19. The molecule has 1 aromatic rings. The van der Waals surface area contributed by atoms with E-state index in [9.17, 15) is 0 Å². The van der Waals surface area contributed by atoms with Crippen LogP contribution in [0.4, 0.5) is 0 Å². The molecule has 5 heteroatoms. The minimum Gasteiger partial charge on any atom is -0.469 e. The number of hydrogen-bond donors (Lipinski definition) is 0. The first-order chi connectivity index (χ1) is 6.79. The summed E-state index contributed by atoms with van der Waals surface area (Å²) in [6.45, 7) is 1.29. The van der Waals surface area contributed by atoms with Crippen molar-refractivity contribution in [2.75, 3.05) is 13.2 Å². The second kappa shape index (κ2) is 4.47. The molecule has 0 radical (unpaired) electrons. The number of aromatic nitrogens is 1. The van der Waals surface area contributed by atoms with Crippen LogP contribution in [0, 0.1) is 0 Å². The predicted molar refractivity (Wildman–Crippen MR) is 56.7 cm³/mol. The lowest BCUT2D eigenvalue weighted by Crippen LogP contribution is -2.38. The first kappa shape index (κ1) is 10.2. The summed E-state index contributed by atoms with van der Waals surface area (Å²) in [6.07, 6.45) is 1.85. The molecule has 0 aromatic carbocycles. The third-order valence-electron chi connectivity index (χ3n) is 1.90. The number of halogens is 2. The van der Waals surface area contributed by atoms with E-state index in [1.807, 2.05) is 6.07 Å². The van der Waals surface area contributed by atoms with Crippen molar-refractivity contribution < 1.29 is 9.47 Å². The van der Waals surface area contributed by atoms with E-state index >= 15 is 0 Å². The van der Waals surface area contributed by atoms with E-state index in [-0.39, 0.29) is 6.10 Å². The number of hydrogen-bond acceptors (Lipinski definition) is 3. The normalized spacial score (nSPS) is 16.4. The average molecular weight is 279 g/mol. The van der Waals surface area contributed by atoms with Gasteiger partial charge < -0.3 is 9.47 Å². The van der Waals surface area contributed by atoms with E-state index in [4.69, 9.17) is 21.1 Å². The van der Waals surface area contributed by atoms with Gasteiger partial charge in [-0.1, -0.05) is 0 Å². The van der Waals surface area contributed by atoms with Crippen molar-refractivity contribution in [2.24, 2.45) is 0 Å². The monoisotopic (exact) mass is 277 g/mol. The van der Waals surface area contributed by atoms with E-state index in [0.717, 1.165) is 10.0 Å². The Hall–Kier alpha value is -0.320. The summed E-state index contributed by atoms with van der Waals surface area (Å²) >= 11 is 9.06. The van der Waals surface area contributed by atoms with Crippen LogP contribution in [0.2, 0.25) is 0 Å². The van der Waals surface area contributed by atoms with Crippen LogP contribution in [0.3, 0.4) is 0 Å². The fourth-order valence-corrected chi connectivity index (χ4v) is 1.70. The maximum Gasteiger partial charge on any atom is 0.228 e. The second-order valence-electron chi connectivity index (χ2n) is 3.04. The van der Waals surface area contributed by atoms with Gasteiger partial charge in [-0.05, 0) is 27.6 Å². The van der Waals surface area contributed by atoms with E-state index in [0.29, 0.717) is 25.0 Å². The van der Waals surface area contributed by atoms with Crippen LogP contribution in [-0.4, -0.2) is 24.3 Å². The zero-order valence-corrected chi connectivity index (χ0v) is 9.71. The summed E-state index contributed by atoms with van der Waals surface area (Å²) in [5, 5.41) is 0. The maximum atomic E-state index is 5.67. The molecule has 0 saturated carbocycles. The topological polar surface area (TPSA) is 31.4 Å². The standard InChI is InChI=1S/C9H9BrClNO2/c10-8-1-6(2-11)3-12-9(8)14-7-4-13-5-7/h1,3,7H,2,4-5H2. The smallest absolute Gasteiger partial charge is 0.228 e. The Morgan fingerprint density at radius 3 is 2.93 bits per heavy atom. The molecule has 1 aromatic heterocycles. The van der Waals surface area contributed by atoms with Gasteiger partial charge in [0, 0.05) is 12.1 Å². The largest absolute Gasteiger partial charge is 0.469 e. The first-order valence-corrected chi connectivity index (χ1v) is 5.57. The van der Waals surface area contributed by atoms with Crippen molar-refractivity contribution in [3.63, 3.8) is 0 Å². The molecule has 0 unspecified atom stereocenters. The van der Waals surface area contributed by atoms with Crippen molar-refractivity contribution >= 4 is 27.5 Å². The van der Waals surface area contributed by atoms with Gasteiger partial charge in [0.2, 0.25) is 5.88 Å². The molecule has 1 aliphatic rings. The molecule has 0 spiro atoms. The zero-order valence-electron chi connectivity index (χ0n) is 7.37. The molecular weight excluding hydrogens is 269 g/mol. The van der Waals surface area contributed by atoms with E-state index in [1.165, 1.54) is 0 Å². The molecule has 3 nitrogen and oxygen atoms in total. The summed E-state index contributed by atoms with van der Waals surface area (Å²) in [5.74, 6) is 1.06. The number of ether oxygens (including phenoxy) is 2. The van der Waals surface area contributed by atoms with Gasteiger partial charge in [0.1, 0.15) is 6.10 Å². The quantitative estimate of drug-likeness (QED) is 0.796. The maximum absolute atomic E-state index is 5.67. The minimum atomic E-state index is 0.139. The molecule has 1 fully saturated rings. The van der Waals surface area contributed by atoms with Gasteiger partial charge in [-0.2, -0.15) is 0 Å². The highest BCUT2D eigenvalue weighted by atomic mass is 79.9. The van der Waals surface area contributed by atoms with E-state index in [2.05, 4.69) is 20.9 Å². The summed E-state index contributed by atoms with van der Waals surface area (Å²) in [6, 6.07) is 1.91. The van der Waals surface area contributed by atoms with Crippen LogP contribution >= 0.6 is 27.5 Å². The molecule has 0 amide bonds. The van der Waals surface area contributed by atoms with Crippen LogP contribution < -0.4 is 4.74 Å². The van der Waals surface area contributed by atoms with Crippen molar-refractivity contribution in [3.05, 3.63) is 22.3 Å². The minimum absolute atomic E-state index is 0.139. The Kier molecular flexibility index (Phi) is 3.26. The molecule has 0 N–H and O–H groups in total. The summed E-state index contributed by atoms with van der Waals surface area (Å²) in [7, 11) is 0. The Balaban J connectivity index is 2.09. The molecule has 76 valence electrons. The Bertz CT molecular complexity index is 331. The molecule has 2 heterocycles. The van der Waals surface area contributed by atoms with Crippen molar-refractivity contribution in [1.82, 2.24) is 4.98 Å². The zero-order chi connectivity index (χ0) is 9.97. The lowest BCUT2D eigenvalue weighted by atomic mass is 10.3. The average Bonchev–Trinajstić information content (AvgIpc) is 2.13. The lowest BCUT2D eigenvalue weighted by molar-refractivity contribution is -0.0816. The molecule has 0 aliphatic carbocycles. The highest BCUT2D eigenvalue weighted by molar-refractivity contribution is 9.10. The first-order valence-electron chi connectivity index (χ1n) is 4.24. The van der Waals surface area contributed by atoms with Gasteiger partial charge in [0.15, 0.2) is 0 Å². The fraction of sp³-hybridized carbons (Fsp3) is 0.444. The van der Waals surface area contributed by atoms with Crippen LogP contribution in [0.1, 0.15) is 5.56 Å². The second-order valence-corrected chi connectivity index (χ2v) is 4.16. The lowest BCUT2D eigenvalue weighted by Gasteiger charge is -2.26. The van der Waals surface area contributed by atoms with Crippen LogP contribution in [0.25, 0.3) is 0 Å². The number of rotatable bonds is 3. The van der Waals surface area contributed by atoms with Crippen molar-refractivity contribution in [2.45, 2.75) is 12.0 Å². The summed E-state index contributed by atoms with van der Waals surface area (Å²) in [4.78, 5) is 4.16. The Morgan fingerprint density at radius 1 is 1.64 bits per heavy atom. The van der Waals surface area contributed by atoms with Gasteiger partial charge in [-0.15, -0.1) is 11.6 Å². The number of alkyl halides is 1. The third-order valence-corrected chi connectivity index (χ3v) is 2.78. The molecule has 1 aliphatic heterocycles. The van der Waals surface area contributed by atoms with Gasteiger partial charge >= 0.3 is 0 Å². The Labute approximate surface area is 95.5 Å².